The van der Waals surface area contributed by atoms with E-state index >= 15 is 0 Å². The maximum atomic E-state index is 13.2. The molecule has 1 unspecified atom stereocenters. The van der Waals surface area contributed by atoms with Gasteiger partial charge in [-0.05, 0) is 57.2 Å². The summed E-state index contributed by atoms with van der Waals surface area (Å²) < 4.78 is 5.75. The lowest BCUT2D eigenvalue weighted by molar-refractivity contribution is -0.160. The Morgan fingerprint density at radius 2 is 2.13 bits per heavy atom. The Kier molecular flexibility index (Phi) is 3.69. The van der Waals surface area contributed by atoms with Gasteiger partial charge in [0.1, 0.15) is 5.60 Å². The zero-order chi connectivity index (χ0) is 15.9. The highest BCUT2D eigenvalue weighted by Gasteiger charge is 2.48. The fraction of sp³-hybridized carbons (Fsp3) is 0.765. The number of nitrogens with zero attached hydrogens (tertiary/aromatic N) is 2. The zero-order valence-corrected chi connectivity index (χ0v) is 13.9. The third-order valence-electron chi connectivity index (χ3n) is 6.18. The van der Waals surface area contributed by atoms with Gasteiger partial charge in [0, 0.05) is 31.3 Å². The smallest absolute Gasteiger partial charge is 0.254 e. The van der Waals surface area contributed by atoms with Gasteiger partial charge in [-0.2, -0.15) is 5.10 Å². The van der Waals surface area contributed by atoms with E-state index in [2.05, 4.69) is 20.4 Å². The molecule has 4 rings (SSSR count). The molecule has 0 aromatic carbocycles. The minimum absolute atomic E-state index is 0.0849. The number of carbonyl (C=O) groups is 1. The van der Waals surface area contributed by atoms with Crippen LogP contribution >= 0.6 is 0 Å². The van der Waals surface area contributed by atoms with E-state index in [-0.39, 0.29) is 11.3 Å². The summed E-state index contributed by atoms with van der Waals surface area (Å²) in [6.07, 6.45) is 7.89. The fourth-order valence-corrected chi connectivity index (χ4v) is 4.80. The number of piperidine rings is 2. The van der Waals surface area contributed by atoms with Gasteiger partial charge in [0.05, 0.1) is 6.20 Å². The average molecular weight is 318 g/mol. The van der Waals surface area contributed by atoms with Gasteiger partial charge in [-0.1, -0.05) is 0 Å². The summed E-state index contributed by atoms with van der Waals surface area (Å²) >= 11 is 0. The summed E-state index contributed by atoms with van der Waals surface area (Å²) in [6, 6.07) is 0. The number of methoxy groups -OCH3 is 1. The van der Waals surface area contributed by atoms with Crippen LogP contribution in [0.3, 0.4) is 0 Å². The summed E-state index contributed by atoms with van der Waals surface area (Å²) in [5, 5.41) is 10.8. The fourth-order valence-electron chi connectivity index (χ4n) is 4.80. The van der Waals surface area contributed by atoms with Crippen molar-refractivity contribution in [2.75, 3.05) is 33.3 Å². The number of ether oxygens (including phenoxy) is 1. The van der Waals surface area contributed by atoms with Crippen molar-refractivity contribution in [1.82, 2.24) is 20.4 Å². The van der Waals surface area contributed by atoms with Crippen LogP contribution in [0.15, 0.2) is 6.20 Å². The van der Waals surface area contributed by atoms with Gasteiger partial charge in [0.25, 0.3) is 5.91 Å². The molecule has 1 aromatic rings. The molecule has 0 saturated carbocycles. The minimum Gasteiger partial charge on any atom is -0.368 e. The quantitative estimate of drug-likeness (QED) is 0.853. The molecule has 3 aliphatic rings. The molecular weight excluding hydrogens is 292 g/mol. The molecular formula is C17H26N4O2. The lowest BCUT2D eigenvalue weighted by atomic mass is 9.77. The van der Waals surface area contributed by atoms with Crippen molar-refractivity contribution in [2.24, 2.45) is 0 Å². The second kappa shape index (κ2) is 5.60. The Bertz CT molecular complexity index is 593. The number of amides is 1. The molecule has 6 nitrogen and oxygen atoms in total. The SMILES string of the molecule is COC1(C(=O)N2CCCC3(CCc4cn[nH]c43)C2)CCNCC1. The van der Waals surface area contributed by atoms with E-state index < -0.39 is 5.60 Å². The van der Waals surface area contributed by atoms with Crippen molar-refractivity contribution in [3.05, 3.63) is 17.5 Å². The summed E-state index contributed by atoms with van der Waals surface area (Å²) in [5.74, 6) is 0.188. The van der Waals surface area contributed by atoms with E-state index in [4.69, 9.17) is 4.74 Å². The van der Waals surface area contributed by atoms with E-state index in [1.165, 1.54) is 11.3 Å². The van der Waals surface area contributed by atoms with Gasteiger partial charge in [-0.3, -0.25) is 9.89 Å². The molecule has 126 valence electrons. The molecule has 0 radical (unpaired) electrons. The summed E-state index contributed by atoms with van der Waals surface area (Å²) in [4.78, 5) is 15.3. The molecule has 6 heteroatoms. The van der Waals surface area contributed by atoms with Gasteiger partial charge < -0.3 is 15.0 Å². The number of hydrogen-bond donors (Lipinski definition) is 2. The van der Waals surface area contributed by atoms with Crippen molar-refractivity contribution < 1.29 is 9.53 Å². The molecule has 2 fully saturated rings. The van der Waals surface area contributed by atoms with Crippen molar-refractivity contribution in [3.63, 3.8) is 0 Å². The average Bonchev–Trinajstić information content (AvgIpc) is 3.20. The van der Waals surface area contributed by atoms with Gasteiger partial charge in [-0.15, -0.1) is 0 Å². The number of fused-ring (bicyclic) bond motifs is 2. The topological polar surface area (TPSA) is 70.2 Å². The number of hydrogen-bond acceptors (Lipinski definition) is 4. The number of nitrogens with one attached hydrogen (secondary N) is 2. The Hall–Kier alpha value is -1.40. The summed E-state index contributed by atoms with van der Waals surface area (Å²) in [5.41, 5.74) is 2.07. The molecule has 0 bridgehead atoms. The third kappa shape index (κ3) is 2.31. The predicted octanol–water partition coefficient (Wildman–Crippen LogP) is 0.985. The molecule has 1 aromatic heterocycles. The molecule has 2 aliphatic heterocycles. The highest BCUT2D eigenvalue weighted by molar-refractivity contribution is 5.85. The first kappa shape index (κ1) is 15.1. The van der Waals surface area contributed by atoms with Crippen molar-refractivity contribution in [1.29, 1.82) is 0 Å². The second-order valence-corrected chi connectivity index (χ2v) is 7.33. The second-order valence-electron chi connectivity index (χ2n) is 7.33. The van der Waals surface area contributed by atoms with E-state index in [1.807, 2.05) is 6.20 Å². The molecule has 3 heterocycles. The lowest BCUT2D eigenvalue weighted by Crippen LogP contribution is -2.59. The Morgan fingerprint density at radius 3 is 2.91 bits per heavy atom. The molecule has 1 aliphatic carbocycles. The van der Waals surface area contributed by atoms with Crippen LogP contribution < -0.4 is 5.32 Å². The van der Waals surface area contributed by atoms with Crippen LogP contribution in [0.5, 0.6) is 0 Å². The Balaban J connectivity index is 1.57. The van der Waals surface area contributed by atoms with Gasteiger partial charge in [0.15, 0.2) is 0 Å². The van der Waals surface area contributed by atoms with Crippen LogP contribution in [0.25, 0.3) is 0 Å². The number of aryl methyl sites for hydroxylation is 1. The number of likely N-dealkylation sites (tertiary alicyclic amines) is 1. The summed E-state index contributed by atoms with van der Waals surface area (Å²) in [6.45, 7) is 3.36. The first-order valence-electron chi connectivity index (χ1n) is 8.77. The number of aromatic nitrogens is 2. The number of H-pyrrole nitrogens is 1. The van der Waals surface area contributed by atoms with E-state index in [1.54, 1.807) is 7.11 Å². The summed E-state index contributed by atoms with van der Waals surface area (Å²) in [7, 11) is 1.69. The van der Waals surface area contributed by atoms with Crippen LogP contribution in [-0.4, -0.2) is 59.9 Å². The third-order valence-corrected chi connectivity index (χ3v) is 6.18. The predicted molar refractivity (Wildman–Crippen MR) is 86.2 cm³/mol. The van der Waals surface area contributed by atoms with Gasteiger partial charge >= 0.3 is 0 Å². The highest BCUT2D eigenvalue weighted by atomic mass is 16.5. The van der Waals surface area contributed by atoms with Crippen LogP contribution in [0, 0.1) is 0 Å². The normalized spacial score (nSPS) is 29.7. The van der Waals surface area contributed by atoms with Gasteiger partial charge in [-0.25, -0.2) is 0 Å². The van der Waals surface area contributed by atoms with Crippen molar-refractivity contribution in [2.45, 2.75) is 49.5 Å². The maximum absolute atomic E-state index is 13.2. The molecule has 2 saturated heterocycles. The van der Waals surface area contributed by atoms with Gasteiger partial charge in [0.2, 0.25) is 0 Å². The molecule has 1 atom stereocenters. The van der Waals surface area contributed by atoms with Crippen molar-refractivity contribution >= 4 is 5.91 Å². The largest absolute Gasteiger partial charge is 0.368 e. The van der Waals surface area contributed by atoms with E-state index in [9.17, 15) is 4.79 Å². The molecule has 1 spiro atoms. The molecule has 2 N–H and O–H groups in total. The highest BCUT2D eigenvalue weighted by Crippen LogP contribution is 2.44. The molecule has 1 amide bonds. The van der Waals surface area contributed by atoms with Crippen LogP contribution in [0.4, 0.5) is 0 Å². The van der Waals surface area contributed by atoms with E-state index in [0.717, 1.165) is 64.7 Å². The number of carbonyl (C=O) groups excluding carboxylic acids is 1. The van der Waals surface area contributed by atoms with Crippen LogP contribution in [-0.2, 0) is 21.4 Å². The van der Waals surface area contributed by atoms with Crippen molar-refractivity contribution in [3.8, 4) is 0 Å². The number of aromatic amines is 1. The lowest BCUT2D eigenvalue weighted by Gasteiger charge is -2.45. The van der Waals surface area contributed by atoms with Crippen LogP contribution in [0.2, 0.25) is 0 Å². The Labute approximate surface area is 137 Å². The maximum Gasteiger partial charge on any atom is 0.254 e. The first-order chi connectivity index (χ1) is 11.2. The standard InChI is InChI=1S/C17H26N4O2/c1-23-17(6-8-18-9-7-17)15(22)21-10-2-4-16(12-21)5-3-13-11-19-20-14(13)16/h11,18H,2-10,12H2,1H3,(H,19,20). The first-order valence-corrected chi connectivity index (χ1v) is 8.77. The monoisotopic (exact) mass is 318 g/mol. The van der Waals surface area contributed by atoms with E-state index in [0.29, 0.717) is 0 Å². The molecule has 23 heavy (non-hydrogen) atoms. The van der Waals surface area contributed by atoms with Crippen LogP contribution in [0.1, 0.15) is 43.4 Å². The Morgan fingerprint density at radius 1 is 1.30 bits per heavy atom. The number of rotatable bonds is 2. The zero-order valence-electron chi connectivity index (χ0n) is 13.9. The minimum atomic E-state index is -0.626.